The first kappa shape index (κ1) is 10.3. The number of hydrogen-bond donors (Lipinski definition) is 1. The van der Waals surface area contributed by atoms with Crippen molar-refractivity contribution in [2.24, 2.45) is 5.92 Å². The number of fused-ring (bicyclic) bond motifs is 1. The van der Waals surface area contributed by atoms with E-state index in [1.807, 2.05) is 0 Å². The molecule has 1 N–H and O–H groups in total. The smallest absolute Gasteiger partial charge is 0.234 e. The maximum absolute atomic E-state index is 5.51. The molecule has 16 heavy (non-hydrogen) atoms. The Morgan fingerprint density at radius 2 is 2.38 bits per heavy atom. The quantitative estimate of drug-likeness (QED) is 0.827. The lowest BCUT2D eigenvalue weighted by molar-refractivity contribution is 0.264. The van der Waals surface area contributed by atoms with Crippen LogP contribution in [0.15, 0.2) is 4.52 Å². The summed E-state index contributed by atoms with van der Waals surface area (Å²) >= 11 is 0. The van der Waals surface area contributed by atoms with Gasteiger partial charge in [0.05, 0.1) is 5.41 Å². The van der Waals surface area contributed by atoms with Crippen LogP contribution in [0.2, 0.25) is 0 Å². The van der Waals surface area contributed by atoms with Crippen molar-refractivity contribution in [1.82, 2.24) is 15.5 Å². The second-order valence-electron chi connectivity index (χ2n) is 5.49. The summed E-state index contributed by atoms with van der Waals surface area (Å²) in [4.78, 5) is 4.61. The minimum absolute atomic E-state index is 0.153. The van der Waals surface area contributed by atoms with E-state index in [1.165, 1.54) is 19.3 Å². The van der Waals surface area contributed by atoms with Gasteiger partial charge in [0.2, 0.25) is 5.89 Å². The van der Waals surface area contributed by atoms with Gasteiger partial charge >= 0.3 is 0 Å². The van der Waals surface area contributed by atoms with E-state index in [9.17, 15) is 0 Å². The maximum atomic E-state index is 5.51. The van der Waals surface area contributed by atoms with Crippen LogP contribution >= 0.6 is 0 Å². The van der Waals surface area contributed by atoms with Gasteiger partial charge in [0.15, 0.2) is 5.82 Å². The molecule has 2 heterocycles. The molecule has 2 atom stereocenters. The number of nitrogens with one attached hydrogen (secondary N) is 1. The van der Waals surface area contributed by atoms with Gasteiger partial charge in [-0.1, -0.05) is 25.4 Å². The van der Waals surface area contributed by atoms with E-state index in [-0.39, 0.29) is 5.41 Å². The van der Waals surface area contributed by atoms with Gasteiger partial charge in [0, 0.05) is 12.5 Å². The third kappa shape index (κ3) is 1.32. The van der Waals surface area contributed by atoms with Crippen molar-refractivity contribution < 1.29 is 4.52 Å². The van der Waals surface area contributed by atoms with Crippen LogP contribution in [0.1, 0.15) is 50.7 Å². The average molecular weight is 221 g/mol. The van der Waals surface area contributed by atoms with Gasteiger partial charge in [-0.05, 0) is 25.3 Å². The SMILES string of the molecule is CC(C)c1noc([C@@]23CCC[C@H]2CNC3)n1. The summed E-state index contributed by atoms with van der Waals surface area (Å²) < 4.78 is 5.51. The topological polar surface area (TPSA) is 51.0 Å². The first-order valence-electron chi connectivity index (χ1n) is 6.27. The first-order valence-corrected chi connectivity index (χ1v) is 6.27. The Morgan fingerprint density at radius 1 is 1.50 bits per heavy atom. The molecule has 0 amide bonds. The van der Waals surface area contributed by atoms with Gasteiger partial charge in [-0.25, -0.2) is 0 Å². The molecule has 0 bridgehead atoms. The molecule has 1 saturated heterocycles. The molecular formula is C12H19N3O. The molecule has 1 aromatic rings. The van der Waals surface area contributed by atoms with E-state index in [2.05, 4.69) is 29.3 Å². The fraction of sp³-hybridized carbons (Fsp3) is 0.833. The van der Waals surface area contributed by atoms with Crippen molar-refractivity contribution >= 4 is 0 Å². The molecule has 0 spiro atoms. The molecule has 88 valence electrons. The normalized spacial score (nSPS) is 33.6. The van der Waals surface area contributed by atoms with Crippen LogP contribution in [0.3, 0.4) is 0 Å². The van der Waals surface area contributed by atoms with Crippen molar-refractivity contribution in [2.75, 3.05) is 13.1 Å². The molecule has 0 radical (unpaired) electrons. The fourth-order valence-corrected chi connectivity index (χ4v) is 3.17. The Kier molecular flexibility index (Phi) is 2.28. The molecule has 4 nitrogen and oxygen atoms in total. The van der Waals surface area contributed by atoms with Crippen LogP contribution in [0.25, 0.3) is 0 Å². The molecule has 3 rings (SSSR count). The molecule has 4 heteroatoms. The van der Waals surface area contributed by atoms with E-state index in [1.54, 1.807) is 0 Å². The van der Waals surface area contributed by atoms with Gasteiger partial charge in [0.1, 0.15) is 0 Å². The van der Waals surface area contributed by atoms with E-state index in [0.29, 0.717) is 11.8 Å². The Morgan fingerprint density at radius 3 is 3.12 bits per heavy atom. The largest absolute Gasteiger partial charge is 0.339 e. The molecular weight excluding hydrogens is 202 g/mol. The molecule has 1 aliphatic carbocycles. The number of rotatable bonds is 2. The fourth-order valence-electron chi connectivity index (χ4n) is 3.17. The highest BCUT2D eigenvalue weighted by molar-refractivity contribution is 5.17. The van der Waals surface area contributed by atoms with Gasteiger partial charge in [-0.3, -0.25) is 0 Å². The molecule has 1 saturated carbocycles. The van der Waals surface area contributed by atoms with Crippen LogP contribution < -0.4 is 5.32 Å². The molecule has 2 fully saturated rings. The van der Waals surface area contributed by atoms with Crippen molar-refractivity contribution in [1.29, 1.82) is 0 Å². The number of aromatic nitrogens is 2. The minimum atomic E-state index is 0.153. The van der Waals surface area contributed by atoms with Crippen molar-refractivity contribution in [3.05, 3.63) is 11.7 Å². The van der Waals surface area contributed by atoms with Gasteiger partial charge in [-0.2, -0.15) is 4.98 Å². The highest BCUT2D eigenvalue weighted by atomic mass is 16.5. The van der Waals surface area contributed by atoms with E-state index in [0.717, 1.165) is 24.8 Å². The van der Waals surface area contributed by atoms with Gasteiger partial charge in [-0.15, -0.1) is 0 Å². The predicted molar refractivity (Wildman–Crippen MR) is 60.3 cm³/mol. The molecule has 0 aromatic carbocycles. The van der Waals surface area contributed by atoms with Crippen LogP contribution in [0, 0.1) is 5.92 Å². The lowest BCUT2D eigenvalue weighted by Gasteiger charge is -2.22. The second-order valence-corrected chi connectivity index (χ2v) is 5.49. The summed E-state index contributed by atoms with van der Waals surface area (Å²) in [7, 11) is 0. The summed E-state index contributed by atoms with van der Waals surface area (Å²) in [6.45, 7) is 6.33. The zero-order valence-electron chi connectivity index (χ0n) is 9.99. The standard InChI is InChI=1S/C12H19N3O/c1-8(2)10-14-11(16-15-10)12-5-3-4-9(12)6-13-7-12/h8-9,13H,3-7H2,1-2H3/t9-,12+/m0/s1. The molecule has 2 aliphatic rings. The van der Waals surface area contributed by atoms with E-state index in [4.69, 9.17) is 4.52 Å². The lowest BCUT2D eigenvalue weighted by atomic mass is 9.80. The maximum Gasteiger partial charge on any atom is 0.234 e. The lowest BCUT2D eigenvalue weighted by Crippen LogP contribution is -2.31. The van der Waals surface area contributed by atoms with Crippen LogP contribution in [0.4, 0.5) is 0 Å². The summed E-state index contributed by atoms with van der Waals surface area (Å²) in [6, 6.07) is 0. The van der Waals surface area contributed by atoms with E-state index >= 15 is 0 Å². The third-order valence-corrected chi connectivity index (χ3v) is 4.17. The third-order valence-electron chi connectivity index (χ3n) is 4.17. The summed E-state index contributed by atoms with van der Waals surface area (Å²) in [5, 5.41) is 7.58. The van der Waals surface area contributed by atoms with Crippen molar-refractivity contribution in [3.8, 4) is 0 Å². The first-order chi connectivity index (χ1) is 7.72. The monoisotopic (exact) mass is 221 g/mol. The Balaban J connectivity index is 1.95. The molecule has 1 aromatic heterocycles. The zero-order valence-corrected chi connectivity index (χ0v) is 9.99. The average Bonchev–Trinajstić information content (AvgIpc) is 2.91. The Labute approximate surface area is 95.8 Å². The summed E-state index contributed by atoms with van der Waals surface area (Å²) in [6.07, 6.45) is 3.79. The van der Waals surface area contributed by atoms with Crippen molar-refractivity contribution in [3.63, 3.8) is 0 Å². The van der Waals surface area contributed by atoms with Crippen LogP contribution in [-0.4, -0.2) is 23.2 Å². The second kappa shape index (κ2) is 3.55. The highest BCUT2D eigenvalue weighted by Crippen LogP contribution is 2.47. The predicted octanol–water partition coefficient (Wildman–Crippen LogP) is 1.83. The van der Waals surface area contributed by atoms with Crippen LogP contribution in [-0.2, 0) is 5.41 Å². The number of hydrogen-bond acceptors (Lipinski definition) is 4. The number of nitrogens with zero attached hydrogens (tertiary/aromatic N) is 2. The van der Waals surface area contributed by atoms with Gasteiger partial charge in [0.25, 0.3) is 0 Å². The van der Waals surface area contributed by atoms with Crippen LogP contribution in [0.5, 0.6) is 0 Å². The van der Waals surface area contributed by atoms with Gasteiger partial charge < -0.3 is 9.84 Å². The zero-order chi connectivity index (χ0) is 11.2. The Bertz CT molecular complexity index is 375. The minimum Gasteiger partial charge on any atom is -0.339 e. The molecule has 0 unspecified atom stereocenters. The molecule has 1 aliphatic heterocycles. The summed E-state index contributed by atoms with van der Waals surface area (Å²) in [5.41, 5.74) is 0.153. The Hall–Kier alpha value is -0.900. The highest BCUT2D eigenvalue weighted by Gasteiger charge is 2.51. The van der Waals surface area contributed by atoms with E-state index < -0.39 is 0 Å². The summed E-state index contributed by atoms with van der Waals surface area (Å²) in [5.74, 6) is 2.78. The van der Waals surface area contributed by atoms with Crippen molar-refractivity contribution in [2.45, 2.75) is 44.4 Å².